The van der Waals surface area contributed by atoms with Gasteiger partial charge in [0.15, 0.2) is 0 Å². The van der Waals surface area contributed by atoms with Crippen LogP contribution in [0.5, 0.6) is 0 Å². The van der Waals surface area contributed by atoms with Crippen molar-refractivity contribution < 1.29 is 4.74 Å². The topological polar surface area (TPSA) is 21.3 Å². The summed E-state index contributed by atoms with van der Waals surface area (Å²) in [4.78, 5) is 0. The number of rotatable bonds is 7. The summed E-state index contributed by atoms with van der Waals surface area (Å²) in [6, 6.07) is 0. The summed E-state index contributed by atoms with van der Waals surface area (Å²) in [5, 5.41) is 3.55. The third-order valence-electron chi connectivity index (χ3n) is 4.06. The summed E-state index contributed by atoms with van der Waals surface area (Å²) in [7, 11) is 0. The highest BCUT2D eigenvalue weighted by atomic mass is 16.5. The van der Waals surface area contributed by atoms with Crippen LogP contribution < -0.4 is 5.32 Å². The molecule has 0 radical (unpaired) electrons. The zero-order valence-electron chi connectivity index (χ0n) is 10.0. The predicted octanol–water partition coefficient (Wildman–Crippen LogP) is 2.44. The zero-order chi connectivity index (χ0) is 10.5. The lowest BCUT2D eigenvalue weighted by molar-refractivity contribution is 0.135. The Morgan fingerprint density at radius 2 is 2.13 bits per heavy atom. The van der Waals surface area contributed by atoms with Crippen LogP contribution in [0, 0.1) is 17.8 Å². The highest BCUT2D eigenvalue weighted by Crippen LogP contribution is 2.47. The van der Waals surface area contributed by atoms with Gasteiger partial charge in [0.1, 0.15) is 0 Å². The maximum Gasteiger partial charge on any atom is 0.0590 e. The average molecular weight is 211 g/mol. The van der Waals surface area contributed by atoms with Crippen LogP contribution in [0.2, 0.25) is 0 Å². The van der Waals surface area contributed by atoms with E-state index >= 15 is 0 Å². The van der Waals surface area contributed by atoms with E-state index in [0.717, 1.165) is 43.9 Å². The Morgan fingerprint density at radius 1 is 1.20 bits per heavy atom. The van der Waals surface area contributed by atoms with Crippen molar-refractivity contribution in [3.8, 4) is 0 Å². The van der Waals surface area contributed by atoms with Crippen LogP contribution >= 0.6 is 0 Å². The Hall–Kier alpha value is -0.0800. The van der Waals surface area contributed by atoms with Crippen molar-refractivity contribution in [3.05, 3.63) is 0 Å². The molecule has 0 aliphatic heterocycles. The van der Waals surface area contributed by atoms with Crippen LogP contribution in [0.15, 0.2) is 0 Å². The summed E-state index contributed by atoms with van der Waals surface area (Å²) in [6.45, 7) is 6.22. The van der Waals surface area contributed by atoms with Gasteiger partial charge in [-0.05, 0) is 50.0 Å². The number of hydrogen-bond acceptors (Lipinski definition) is 2. The van der Waals surface area contributed by atoms with Gasteiger partial charge in [0, 0.05) is 13.2 Å². The van der Waals surface area contributed by atoms with Crippen LogP contribution in [0.4, 0.5) is 0 Å². The molecule has 2 nitrogen and oxygen atoms in total. The second-order valence-electron chi connectivity index (χ2n) is 5.25. The molecule has 0 heterocycles. The first-order valence-corrected chi connectivity index (χ1v) is 6.68. The first-order chi connectivity index (χ1) is 7.40. The minimum Gasteiger partial charge on any atom is -0.380 e. The Bertz CT molecular complexity index is 183. The second-order valence-corrected chi connectivity index (χ2v) is 5.25. The molecule has 3 unspecified atom stereocenters. The van der Waals surface area contributed by atoms with Crippen LogP contribution in [-0.4, -0.2) is 26.3 Å². The molecule has 2 aliphatic carbocycles. The van der Waals surface area contributed by atoms with Crippen molar-refractivity contribution in [2.24, 2.45) is 17.8 Å². The normalized spacial score (nSPS) is 33.8. The highest BCUT2D eigenvalue weighted by Gasteiger charge is 2.38. The number of fused-ring (bicyclic) bond motifs is 2. The quantitative estimate of drug-likeness (QED) is 0.653. The fraction of sp³-hybridized carbons (Fsp3) is 1.00. The SMILES string of the molecule is CCCOCCNCC1CC2CCC1C2. The molecule has 2 bridgehead atoms. The van der Waals surface area contributed by atoms with Gasteiger partial charge in [-0.25, -0.2) is 0 Å². The maximum absolute atomic E-state index is 5.45. The summed E-state index contributed by atoms with van der Waals surface area (Å²) in [6.07, 6.45) is 7.17. The van der Waals surface area contributed by atoms with Gasteiger partial charge in [-0.1, -0.05) is 13.3 Å². The fourth-order valence-corrected chi connectivity index (χ4v) is 3.30. The smallest absolute Gasteiger partial charge is 0.0590 e. The molecule has 1 N–H and O–H groups in total. The lowest BCUT2D eigenvalue weighted by Crippen LogP contribution is -2.29. The first-order valence-electron chi connectivity index (χ1n) is 6.68. The van der Waals surface area contributed by atoms with Gasteiger partial charge in [0.05, 0.1) is 6.61 Å². The van der Waals surface area contributed by atoms with Crippen molar-refractivity contribution >= 4 is 0 Å². The molecule has 2 saturated carbocycles. The zero-order valence-corrected chi connectivity index (χ0v) is 10.0. The van der Waals surface area contributed by atoms with Crippen LogP contribution in [0.25, 0.3) is 0 Å². The molecule has 2 rings (SSSR count). The van der Waals surface area contributed by atoms with E-state index in [1.165, 1.54) is 32.2 Å². The highest BCUT2D eigenvalue weighted by molar-refractivity contribution is 4.90. The molecule has 0 amide bonds. The molecule has 3 atom stereocenters. The molecule has 15 heavy (non-hydrogen) atoms. The molecular weight excluding hydrogens is 186 g/mol. The molecule has 2 heteroatoms. The monoisotopic (exact) mass is 211 g/mol. The van der Waals surface area contributed by atoms with E-state index in [9.17, 15) is 0 Å². The first kappa shape index (κ1) is 11.4. The lowest BCUT2D eigenvalue weighted by Gasteiger charge is -2.21. The number of nitrogens with one attached hydrogen (secondary N) is 1. The van der Waals surface area contributed by atoms with Gasteiger partial charge in [-0.2, -0.15) is 0 Å². The Labute approximate surface area is 93.8 Å². The fourth-order valence-electron chi connectivity index (χ4n) is 3.30. The van der Waals surface area contributed by atoms with Gasteiger partial charge in [0.25, 0.3) is 0 Å². The molecule has 0 saturated heterocycles. The minimum absolute atomic E-state index is 0.884. The van der Waals surface area contributed by atoms with E-state index in [1.54, 1.807) is 0 Å². The van der Waals surface area contributed by atoms with E-state index < -0.39 is 0 Å². The van der Waals surface area contributed by atoms with E-state index in [4.69, 9.17) is 4.74 Å². The number of ether oxygens (including phenoxy) is 1. The van der Waals surface area contributed by atoms with Crippen LogP contribution in [0.3, 0.4) is 0 Å². The summed E-state index contributed by atoms with van der Waals surface area (Å²) in [5.74, 6) is 3.12. The van der Waals surface area contributed by atoms with Crippen LogP contribution in [0.1, 0.15) is 39.0 Å². The molecule has 0 spiro atoms. The summed E-state index contributed by atoms with van der Waals surface area (Å²) in [5.41, 5.74) is 0. The van der Waals surface area contributed by atoms with Crippen LogP contribution in [-0.2, 0) is 4.74 Å². The Morgan fingerprint density at radius 3 is 2.80 bits per heavy atom. The largest absolute Gasteiger partial charge is 0.380 e. The van der Waals surface area contributed by atoms with E-state index in [2.05, 4.69) is 12.2 Å². The maximum atomic E-state index is 5.45. The van der Waals surface area contributed by atoms with Crippen molar-refractivity contribution in [2.75, 3.05) is 26.3 Å². The third-order valence-corrected chi connectivity index (χ3v) is 4.06. The van der Waals surface area contributed by atoms with Crippen molar-refractivity contribution in [2.45, 2.75) is 39.0 Å². The third kappa shape index (κ3) is 3.18. The van der Waals surface area contributed by atoms with Crippen molar-refractivity contribution in [1.29, 1.82) is 0 Å². The predicted molar refractivity (Wildman–Crippen MR) is 62.9 cm³/mol. The molecule has 88 valence electrons. The van der Waals surface area contributed by atoms with Gasteiger partial charge >= 0.3 is 0 Å². The lowest BCUT2D eigenvalue weighted by atomic mass is 9.89. The van der Waals surface area contributed by atoms with Gasteiger partial charge in [0.2, 0.25) is 0 Å². The summed E-state index contributed by atoms with van der Waals surface area (Å²) >= 11 is 0. The molecule has 0 aromatic carbocycles. The summed E-state index contributed by atoms with van der Waals surface area (Å²) < 4.78 is 5.45. The van der Waals surface area contributed by atoms with Crippen molar-refractivity contribution in [1.82, 2.24) is 5.32 Å². The average Bonchev–Trinajstić information content (AvgIpc) is 2.85. The second kappa shape index (κ2) is 5.86. The number of hydrogen-bond donors (Lipinski definition) is 1. The standard InChI is InChI=1S/C13H25NO/c1-2-6-15-7-5-14-10-13-9-11-3-4-12(13)8-11/h11-14H,2-10H2,1H3. The Balaban J connectivity index is 1.48. The van der Waals surface area contributed by atoms with Gasteiger partial charge in [-0.15, -0.1) is 0 Å². The molecule has 2 fully saturated rings. The molecular formula is C13H25NO. The van der Waals surface area contributed by atoms with E-state index in [-0.39, 0.29) is 0 Å². The van der Waals surface area contributed by atoms with E-state index in [1.807, 2.05) is 0 Å². The molecule has 0 aromatic rings. The molecule has 0 aromatic heterocycles. The van der Waals surface area contributed by atoms with E-state index in [0.29, 0.717) is 0 Å². The van der Waals surface area contributed by atoms with Crippen molar-refractivity contribution in [3.63, 3.8) is 0 Å². The minimum atomic E-state index is 0.884. The van der Waals surface area contributed by atoms with Gasteiger partial charge < -0.3 is 10.1 Å². The molecule has 2 aliphatic rings. The Kier molecular flexibility index (Phi) is 4.45. The van der Waals surface area contributed by atoms with Gasteiger partial charge in [-0.3, -0.25) is 0 Å².